The second kappa shape index (κ2) is 6.05. The summed E-state index contributed by atoms with van der Waals surface area (Å²) in [5, 5.41) is 4.19. The van der Waals surface area contributed by atoms with E-state index in [-0.39, 0.29) is 16.0 Å². The fraction of sp³-hybridized carbons (Fsp3) is 0.308. The minimum absolute atomic E-state index is 0.0143. The van der Waals surface area contributed by atoms with Crippen molar-refractivity contribution in [3.63, 3.8) is 0 Å². The standard InChI is InChI=1S/C13H17ClN4O2S/c1-9-6-11(14)13(7-12(9)15)21(19,20)17-10(2)8-18-5-3-4-16-18/h3-7,10,17H,8,15H2,1-2H3. The number of nitrogens with one attached hydrogen (secondary N) is 1. The number of benzene rings is 1. The highest BCUT2D eigenvalue weighted by molar-refractivity contribution is 7.89. The minimum atomic E-state index is -3.74. The van der Waals surface area contributed by atoms with Gasteiger partial charge >= 0.3 is 0 Å². The molecule has 0 spiro atoms. The van der Waals surface area contributed by atoms with Crippen molar-refractivity contribution in [1.82, 2.24) is 14.5 Å². The van der Waals surface area contributed by atoms with Crippen molar-refractivity contribution >= 4 is 27.3 Å². The number of nitrogens with two attached hydrogens (primary N) is 1. The first-order chi connectivity index (χ1) is 9.79. The summed E-state index contributed by atoms with van der Waals surface area (Å²) in [6.45, 7) is 3.95. The molecular formula is C13H17ClN4O2S. The molecule has 1 unspecified atom stereocenters. The van der Waals surface area contributed by atoms with Crippen molar-refractivity contribution in [3.8, 4) is 0 Å². The van der Waals surface area contributed by atoms with Crippen LogP contribution in [0.1, 0.15) is 12.5 Å². The van der Waals surface area contributed by atoms with Crippen molar-refractivity contribution in [2.45, 2.75) is 31.3 Å². The van der Waals surface area contributed by atoms with E-state index in [0.29, 0.717) is 12.2 Å². The average molecular weight is 329 g/mol. The topological polar surface area (TPSA) is 90.0 Å². The molecule has 2 rings (SSSR count). The normalized spacial score (nSPS) is 13.3. The molecule has 1 aromatic carbocycles. The molecule has 8 heteroatoms. The van der Waals surface area contributed by atoms with Crippen LogP contribution in [0.15, 0.2) is 35.5 Å². The lowest BCUT2D eigenvalue weighted by atomic mass is 10.2. The lowest BCUT2D eigenvalue weighted by molar-refractivity contribution is 0.494. The number of rotatable bonds is 5. The zero-order valence-corrected chi connectivity index (χ0v) is 13.3. The molecule has 0 saturated carbocycles. The van der Waals surface area contributed by atoms with E-state index in [9.17, 15) is 8.42 Å². The van der Waals surface area contributed by atoms with Crippen molar-refractivity contribution < 1.29 is 8.42 Å². The smallest absolute Gasteiger partial charge is 0.242 e. The van der Waals surface area contributed by atoms with Gasteiger partial charge in [-0.05, 0) is 37.6 Å². The van der Waals surface area contributed by atoms with Crippen molar-refractivity contribution in [2.75, 3.05) is 5.73 Å². The van der Waals surface area contributed by atoms with Crippen molar-refractivity contribution in [2.24, 2.45) is 0 Å². The Morgan fingerprint density at radius 2 is 2.19 bits per heavy atom. The number of halogens is 1. The van der Waals surface area contributed by atoms with Crippen LogP contribution >= 0.6 is 11.6 Å². The van der Waals surface area contributed by atoms with Crippen LogP contribution in [-0.4, -0.2) is 24.2 Å². The van der Waals surface area contributed by atoms with Gasteiger partial charge in [-0.2, -0.15) is 5.10 Å². The highest BCUT2D eigenvalue weighted by atomic mass is 35.5. The Morgan fingerprint density at radius 3 is 2.81 bits per heavy atom. The summed E-state index contributed by atoms with van der Waals surface area (Å²) >= 11 is 6.02. The third-order valence-corrected chi connectivity index (χ3v) is 5.04. The van der Waals surface area contributed by atoms with E-state index in [1.807, 2.05) is 0 Å². The Labute approximate surface area is 129 Å². The van der Waals surface area contributed by atoms with E-state index >= 15 is 0 Å². The molecule has 6 nitrogen and oxygen atoms in total. The van der Waals surface area contributed by atoms with Crippen LogP contribution in [0.2, 0.25) is 5.02 Å². The largest absolute Gasteiger partial charge is 0.398 e. The number of nitrogens with zero attached hydrogens (tertiary/aromatic N) is 2. The van der Waals surface area contributed by atoms with Crippen molar-refractivity contribution in [1.29, 1.82) is 0 Å². The molecule has 1 heterocycles. The predicted octanol–water partition coefficient (Wildman–Crippen LogP) is 1.79. The number of anilines is 1. The average Bonchev–Trinajstić information content (AvgIpc) is 2.85. The fourth-order valence-electron chi connectivity index (χ4n) is 1.93. The van der Waals surface area contributed by atoms with Crippen LogP contribution in [0.25, 0.3) is 0 Å². The van der Waals surface area contributed by atoms with Crippen LogP contribution in [-0.2, 0) is 16.6 Å². The second-order valence-corrected chi connectivity index (χ2v) is 6.98. The van der Waals surface area contributed by atoms with Gasteiger partial charge in [0.05, 0.1) is 11.6 Å². The summed E-state index contributed by atoms with van der Waals surface area (Å²) in [6.07, 6.45) is 3.40. The lowest BCUT2D eigenvalue weighted by Crippen LogP contribution is -2.36. The molecular weight excluding hydrogens is 312 g/mol. The molecule has 0 amide bonds. The monoisotopic (exact) mass is 328 g/mol. The third kappa shape index (κ3) is 3.75. The molecule has 0 radical (unpaired) electrons. The molecule has 1 aromatic heterocycles. The van der Waals surface area contributed by atoms with Crippen LogP contribution in [0.3, 0.4) is 0 Å². The van der Waals surface area contributed by atoms with Gasteiger partial charge in [-0.3, -0.25) is 4.68 Å². The summed E-state index contributed by atoms with van der Waals surface area (Å²) in [5.41, 5.74) is 6.89. The van der Waals surface area contributed by atoms with Crippen LogP contribution in [0.5, 0.6) is 0 Å². The SMILES string of the molecule is Cc1cc(Cl)c(S(=O)(=O)NC(C)Cn2cccn2)cc1N. The number of sulfonamides is 1. The predicted molar refractivity (Wildman–Crippen MR) is 82.6 cm³/mol. The lowest BCUT2D eigenvalue weighted by Gasteiger charge is -2.16. The Bertz CT molecular complexity index is 729. The van der Waals surface area contributed by atoms with Crippen LogP contribution in [0, 0.1) is 6.92 Å². The Morgan fingerprint density at radius 1 is 1.48 bits per heavy atom. The molecule has 0 saturated heterocycles. The summed E-state index contributed by atoms with van der Waals surface area (Å²) in [7, 11) is -3.74. The number of aromatic nitrogens is 2. The molecule has 0 aliphatic heterocycles. The summed E-state index contributed by atoms with van der Waals surface area (Å²) < 4.78 is 29.0. The third-order valence-electron chi connectivity index (χ3n) is 2.99. The maximum atomic E-state index is 12.4. The number of nitrogen functional groups attached to an aromatic ring is 1. The van der Waals surface area contributed by atoms with Gasteiger partial charge in [-0.25, -0.2) is 13.1 Å². The summed E-state index contributed by atoms with van der Waals surface area (Å²) in [4.78, 5) is -0.0143. The summed E-state index contributed by atoms with van der Waals surface area (Å²) in [5.74, 6) is 0. The Balaban J connectivity index is 2.20. The molecule has 0 bridgehead atoms. The van der Waals surface area contributed by atoms with Gasteiger partial charge < -0.3 is 5.73 Å². The highest BCUT2D eigenvalue weighted by Gasteiger charge is 2.21. The first-order valence-corrected chi connectivity index (χ1v) is 8.21. The fourth-order valence-corrected chi connectivity index (χ4v) is 3.78. The van der Waals surface area contributed by atoms with E-state index in [1.165, 1.54) is 6.07 Å². The first kappa shape index (κ1) is 15.8. The molecule has 0 aliphatic carbocycles. The molecule has 21 heavy (non-hydrogen) atoms. The van der Waals surface area contributed by atoms with Gasteiger partial charge in [0.2, 0.25) is 10.0 Å². The number of hydrogen-bond acceptors (Lipinski definition) is 4. The van der Waals surface area contributed by atoms with E-state index in [4.69, 9.17) is 17.3 Å². The van der Waals surface area contributed by atoms with E-state index < -0.39 is 10.0 Å². The number of hydrogen-bond donors (Lipinski definition) is 2. The highest BCUT2D eigenvalue weighted by Crippen LogP contribution is 2.26. The quantitative estimate of drug-likeness (QED) is 0.819. The molecule has 0 aliphatic rings. The number of aryl methyl sites for hydroxylation is 1. The Hall–Kier alpha value is -1.57. The van der Waals surface area contributed by atoms with Crippen LogP contribution in [0.4, 0.5) is 5.69 Å². The van der Waals surface area contributed by atoms with Gasteiger partial charge in [0.15, 0.2) is 0 Å². The van der Waals surface area contributed by atoms with E-state index in [0.717, 1.165) is 5.56 Å². The molecule has 3 N–H and O–H groups in total. The zero-order chi connectivity index (χ0) is 15.6. The van der Waals surface area contributed by atoms with Gasteiger partial charge in [0, 0.05) is 24.1 Å². The van der Waals surface area contributed by atoms with Gasteiger partial charge in [0.1, 0.15) is 4.90 Å². The van der Waals surface area contributed by atoms with Crippen LogP contribution < -0.4 is 10.5 Å². The second-order valence-electron chi connectivity index (χ2n) is 4.89. The van der Waals surface area contributed by atoms with Gasteiger partial charge in [-0.1, -0.05) is 11.6 Å². The molecule has 2 aromatic rings. The molecule has 0 fully saturated rings. The minimum Gasteiger partial charge on any atom is -0.398 e. The van der Waals surface area contributed by atoms with Gasteiger partial charge in [-0.15, -0.1) is 0 Å². The van der Waals surface area contributed by atoms with Crippen molar-refractivity contribution in [3.05, 3.63) is 41.2 Å². The molecule has 114 valence electrons. The zero-order valence-electron chi connectivity index (χ0n) is 11.7. The van der Waals surface area contributed by atoms with E-state index in [1.54, 1.807) is 43.1 Å². The first-order valence-electron chi connectivity index (χ1n) is 6.35. The maximum absolute atomic E-state index is 12.4. The van der Waals surface area contributed by atoms with E-state index in [2.05, 4.69) is 9.82 Å². The Kier molecular flexibility index (Phi) is 4.55. The molecule has 1 atom stereocenters. The summed E-state index contributed by atoms with van der Waals surface area (Å²) in [6, 6.07) is 4.36. The maximum Gasteiger partial charge on any atom is 0.242 e. The van der Waals surface area contributed by atoms with Gasteiger partial charge in [0.25, 0.3) is 0 Å².